The SMILES string of the molecule is NC(c1ccccc1Cl)c1cc(Cl)sc1Cl. The van der Waals surface area contributed by atoms with Crippen LogP contribution < -0.4 is 5.73 Å². The molecule has 0 radical (unpaired) electrons. The molecule has 5 heteroatoms. The molecule has 16 heavy (non-hydrogen) atoms. The average Bonchev–Trinajstić information content (AvgIpc) is 2.58. The van der Waals surface area contributed by atoms with Crippen molar-refractivity contribution in [3.63, 3.8) is 0 Å². The van der Waals surface area contributed by atoms with Crippen molar-refractivity contribution in [3.8, 4) is 0 Å². The van der Waals surface area contributed by atoms with Gasteiger partial charge in [-0.15, -0.1) is 11.3 Å². The van der Waals surface area contributed by atoms with Crippen LogP contribution in [-0.4, -0.2) is 0 Å². The first-order valence-electron chi connectivity index (χ1n) is 4.54. The summed E-state index contributed by atoms with van der Waals surface area (Å²) in [7, 11) is 0. The lowest BCUT2D eigenvalue weighted by molar-refractivity contribution is 0.877. The van der Waals surface area contributed by atoms with E-state index in [0.29, 0.717) is 13.7 Å². The zero-order valence-electron chi connectivity index (χ0n) is 8.08. The Morgan fingerprint density at radius 2 is 1.75 bits per heavy atom. The van der Waals surface area contributed by atoms with Gasteiger partial charge >= 0.3 is 0 Å². The van der Waals surface area contributed by atoms with Crippen molar-refractivity contribution >= 4 is 46.1 Å². The Morgan fingerprint density at radius 1 is 1.06 bits per heavy atom. The summed E-state index contributed by atoms with van der Waals surface area (Å²) in [4.78, 5) is 0. The molecule has 0 amide bonds. The summed E-state index contributed by atoms with van der Waals surface area (Å²) in [5.74, 6) is 0. The number of benzene rings is 1. The molecular weight excluding hydrogens is 285 g/mol. The van der Waals surface area contributed by atoms with Crippen LogP contribution in [0.5, 0.6) is 0 Å². The summed E-state index contributed by atoms with van der Waals surface area (Å²) in [6, 6.07) is 8.88. The van der Waals surface area contributed by atoms with E-state index in [0.717, 1.165) is 11.1 Å². The maximum Gasteiger partial charge on any atom is 0.0995 e. The van der Waals surface area contributed by atoms with Gasteiger partial charge in [-0.2, -0.15) is 0 Å². The number of thiophene rings is 1. The molecule has 0 aliphatic rings. The third-order valence-corrected chi connectivity index (χ3v) is 4.12. The van der Waals surface area contributed by atoms with Gasteiger partial charge in [-0.25, -0.2) is 0 Å². The molecule has 2 N–H and O–H groups in total. The molecular formula is C11H8Cl3NS. The van der Waals surface area contributed by atoms with Crippen molar-refractivity contribution < 1.29 is 0 Å². The highest BCUT2D eigenvalue weighted by atomic mass is 35.5. The van der Waals surface area contributed by atoms with E-state index < -0.39 is 0 Å². The molecule has 1 nitrogen and oxygen atoms in total. The van der Waals surface area contributed by atoms with E-state index in [1.54, 1.807) is 12.1 Å². The molecule has 1 aromatic heterocycles. The van der Waals surface area contributed by atoms with Crippen molar-refractivity contribution in [1.29, 1.82) is 0 Å². The van der Waals surface area contributed by atoms with E-state index in [1.807, 2.05) is 18.2 Å². The van der Waals surface area contributed by atoms with E-state index in [2.05, 4.69) is 0 Å². The molecule has 1 heterocycles. The third kappa shape index (κ3) is 2.36. The van der Waals surface area contributed by atoms with Crippen molar-refractivity contribution in [2.75, 3.05) is 0 Å². The minimum absolute atomic E-state index is 0.343. The standard InChI is InChI=1S/C11H8Cl3NS/c12-8-4-2-1-3-6(8)10(15)7-5-9(13)16-11(7)14/h1-5,10H,15H2. The van der Waals surface area contributed by atoms with Crippen LogP contribution in [0.2, 0.25) is 13.7 Å². The number of hydrogen-bond acceptors (Lipinski definition) is 2. The Bertz CT molecular complexity index is 510. The Kier molecular flexibility index (Phi) is 3.77. The normalized spacial score (nSPS) is 12.8. The zero-order valence-corrected chi connectivity index (χ0v) is 11.2. The summed E-state index contributed by atoms with van der Waals surface area (Å²) in [6.45, 7) is 0. The third-order valence-electron chi connectivity index (χ3n) is 2.26. The number of halogens is 3. The van der Waals surface area contributed by atoms with Gasteiger partial charge in [-0.05, 0) is 17.7 Å². The predicted molar refractivity (Wildman–Crippen MR) is 71.8 cm³/mol. The minimum Gasteiger partial charge on any atom is -0.320 e. The molecule has 0 aliphatic carbocycles. The van der Waals surface area contributed by atoms with Gasteiger partial charge in [0, 0.05) is 10.6 Å². The first-order chi connectivity index (χ1) is 7.59. The number of hydrogen-bond donors (Lipinski definition) is 1. The van der Waals surface area contributed by atoms with Gasteiger partial charge in [0.25, 0.3) is 0 Å². The summed E-state index contributed by atoms with van der Waals surface area (Å²) >= 11 is 19.3. The highest BCUT2D eigenvalue weighted by Gasteiger charge is 2.17. The molecule has 2 aromatic rings. The average molecular weight is 293 g/mol. The van der Waals surface area contributed by atoms with Gasteiger partial charge in [0.1, 0.15) is 0 Å². The first-order valence-corrected chi connectivity index (χ1v) is 6.49. The summed E-state index contributed by atoms with van der Waals surface area (Å²) < 4.78 is 1.24. The van der Waals surface area contributed by atoms with E-state index in [4.69, 9.17) is 40.5 Å². The summed E-state index contributed by atoms with van der Waals surface area (Å²) in [5.41, 5.74) is 7.77. The van der Waals surface area contributed by atoms with Crippen LogP contribution >= 0.6 is 46.1 Å². The molecule has 0 saturated heterocycles. The molecule has 2 rings (SSSR count). The minimum atomic E-state index is -0.343. The lowest BCUT2D eigenvalue weighted by Gasteiger charge is -2.12. The van der Waals surface area contributed by atoms with Gasteiger partial charge in [0.15, 0.2) is 0 Å². The molecule has 0 saturated carbocycles. The quantitative estimate of drug-likeness (QED) is 0.849. The zero-order chi connectivity index (χ0) is 11.7. The Labute approximate surface area is 113 Å². The Morgan fingerprint density at radius 3 is 2.31 bits per heavy atom. The first kappa shape index (κ1) is 12.2. The molecule has 0 bridgehead atoms. The second kappa shape index (κ2) is 4.94. The van der Waals surface area contributed by atoms with Crippen LogP contribution in [0.15, 0.2) is 30.3 Å². The Balaban J connectivity index is 2.43. The van der Waals surface area contributed by atoms with Crippen LogP contribution in [0.4, 0.5) is 0 Å². The Hall–Kier alpha value is -0.250. The second-order valence-electron chi connectivity index (χ2n) is 3.28. The van der Waals surface area contributed by atoms with Crippen molar-refractivity contribution in [1.82, 2.24) is 0 Å². The molecule has 1 atom stereocenters. The maximum absolute atomic E-state index is 6.11. The molecule has 0 fully saturated rings. The topological polar surface area (TPSA) is 26.0 Å². The van der Waals surface area contributed by atoms with Gasteiger partial charge in [0.05, 0.1) is 14.7 Å². The largest absolute Gasteiger partial charge is 0.320 e. The second-order valence-corrected chi connectivity index (χ2v) is 5.97. The van der Waals surface area contributed by atoms with Gasteiger partial charge in [0.2, 0.25) is 0 Å². The smallest absolute Gasteiger partial charge is 0.0995 e. The predicted octanol–water partition coefficient (Wildman–Crippen LogP) is 4.76. The lowest BCUT2D eigenvalue weighted by atomic mass is 10.0. The highest BCUT2D eigenvalue weighted by Crippen LogP contribution is 2.37. The summed E-state index contributed by atoms with van der Waals surface area (Å²) in [6.07, 6.45) is 0. The van der Waals surface area contributed by atoms with Crippen LogP contribution in [0, 0.1) is 0 Å². The number of rotatable bonds is 2. The molecule has 84 valence electrons. The molecule has 0 spiro atoms. The molecule has 0 aliphatic heterocycles. The van der Waals surface area contributed by atoms with Crippen molar-refractivity contribution in [2.24, 2.45) is 5.73 Å². The maximum atomic E-state index is 6.11. The molecule has 1 unspecified atom stereocenters. The van der Waals surface area contributed by atoms with Crippen molar-refractivity contribution in [3.05, 3.63) is 55.2 Å². The fourth-order valence-electron chi connectivity index (χ4n) is 1.46. The van der Waals surface area contributed by atoms with Crippen LogP contribution in [-0.2, 0) is 0 Å². The fourth-order valence-corrected chi connectivity index (χ4v) is 3.26. The van der Waals surface area contributed by atoms with E-state index in [9.17, 15) is 0 Å². The van der Waals surface area contributed by atoms with E-state index >= 15 is 0 Å². The monoisotopic (exact) mass is 291 g/mol. The lowest BCUT2D eigenvalue weighted by Crippen LogP contribution is -2.11. The van der Waals surface area contributed by atoms with Crippen LogP contribution in [0.3, 0.4) is 0 Å². The van der Waals surface area contributed by atoms with E-state index in [1.165, 1.54) is 11.3 Å². The van der Waals surface area contributed by atoms with Gasteiger partial charge in [-0.1, -0.05) is 53.0 Å². The number of nitrogens with two attached hydrogens (primary N) is 1. The van der Waals surface area contributed by atoms with E-state index in [-0.39, 0.29) is 6.04 Å². The van der Waals surface area contributed by atoms with Gasteiger partial charge in [-0.3, -0.25) is 0 Å². The van der Waals surface area contributed by atoms with Crippen LogP contribution in [0.1, 0.15) is 17.2 Å². The van der Waals surface area contributed by atoms with Crippen molar-refractivity contribution in [2.45, 2.75) is 6.04 Å². The molecule has 1 aromatic carbocycles. The highest BCUT2D eigenvalue weighted by molar-refractivity contribution is 7.20. The van der Waals surface area contributed by atoms with Crippen LogP contribution in [0.25, 0.3) is 0 Å². The fraction of sp³-hybridized carbons (Fsp3) is 0.0909. The summed E-state index contributed by atoms with van der Waals surface area (Å²) in [5, 5.41) is 0.633. The van der Waals surface area contributed by atoms with Gasteiger partial charge < -0.3 is 5.73 Å².